The summed E-state index contributed by atoms with van der Waals surface area (Å²) in [6, 6.07) is 19.4. The van der Waals surface area contributed by atoms with E-state index in [4.69, 9.17) is 17.7 Å². The van der Waals surface area contributed by atoms with E-state index in [1.54, 1.807) is 24.3 Å². The summed E-state index contributed by atoms with van der Waals surface area (Å²) in [5.41, 5.74) is 6.71. The molecule has 0 amide bonds. The Labute approximate surface area is 170 Å². The van der Waals surface area contributed by atoms with E-state index in [0.717, 1.165) is 21.9 Å². The van der Waals surface area contributed by atoms with Crippen molar-refractivity contribution < 1.29 is 17.7 Å². The Morgan fingerprint density at radius 2 is 0.800 bits per heavy atom. The summed E-state index contributed by atoms with van der Waals surface area (Å²) in [6.45, 7) is 7.71. The monoisotopic (exact) mass is 392 g/mol. The Hall–Kier alpha value is -4.18. The lowest BCUT2D eigenvalue weighted by molar-refractivity contribution is 0.565. The number of fused-ring (bicyclic) bond motifs is 5. The Bertz CT molecular complexity index is 1560. The standard InChI is InChI=1S/C26H16O4/c1-3-15-9-19-20(10-16(15)4-2)28-24-14-26-25(13-23(24)27-19)29-21-11-17-7-5-6-8-18(17)12-22(21)30-26/h3-14H,1-2H2. The molecule has 0 saturated carbocycles. The lowest BCUT2D eigenvalue weighted by Crippen LogP contribution is -1.84. The van der Waals surface area contributed by atoms with Gasteiger partial charge in [0.2, 0.25) is 0 Å². The average molecular weight is 392 g/mol. The summed E-state index contributed by atoms with van der Waals surface area (Å²) < 4.78 is 24.5. The van der Waals surface area contributed by atoms with E-state index in [2.05, 4.69) is 13.2 Å². The topological polar surface area (TPSA) is 52.6 Å². The summed E-state index contributed by atoms with van der Waals surface area (Å²) in [6.07, 6.45) is 3.53. The van der Waals surface area contributed by atoms with Gasteiger partial charge in [-0.25, -0.2) is 0 Å². The van der Waals surface area contributed by atoms with Crippen molar-refractivity contribution >= 4 is 67.6 Å². The van der Waals surface area contributed by atoms with Crippen LogP contribution in [0.1, 0.15) is 11.1 Å². The fraction of sp³-hybridized carbons (Fsp3) is 0. The second kappa shape index (κ2) is 6.16. The molecule has 144 valence electrons. The smallest absolute Gasteiger partial charge is 0.174 e. The van der Waals surface area contributed by atoms with Gasteiger partial charge in [-0.15, -0.1) is 0 Å². The van der Waals surface area contributed by atoms with Crippen molar-refractivity contribution in [1.82, 2.24) is 0 Å². The van der Waals surface area contributed by atoms with Gasteiger partial charge in [0.1, 0.15) is 0 Å². The minimum atomic E-state index is 0.565. The first-order valence-corrected chi connectivity index (χ1v) is 9.57. The lowest BCUT2D eigenvalue weighted by atomic mass is 10.1. The molecule has 0 aliphatic rings. The molecule has 0 spiro atoms. The molecule has 2 heterocycles. The van der Waals surface area contributed by atoms with Crippen LogP contribution < -0.4 is 0 Å². The minimum absolute atomic E-state index is 0.565. The number of hydrogen-bond donors (Lipinski definition) is 0. The van der Waals surface area contributed by atoms with Gasteiger partial charge in [-0.3, -0.25) is 0 Å². The van der Waals surface area contributed by atoms with Gasteiger partial charge in [-0.1, -0.05) is 49.6 Å². The van der Waals surface area contributed by atoms with Gasteiger partial charge in [0.15, 0.2) is 44.7 Å². The Balaban J connectivity index is 1.66. The van der Waals surface area contributed by atoms with Crippen molar-refractivity contribution in [2.45, 2.75) is 0 Å². The first-order chi connectivity index (χ1) is 14.7. The fourth-order valence-electron chi connectivity index (χ4n) is 3.78. The molecule has 2 aromatic heterocycles. The van der Waals surface area contributed by atoms with Crippen LogP contribution in [0.5, 0.6) is 0 Å². The molecule has 4 aromatic carbocycles. The van der Waals surface area contributed by atoms with Crippen LogP contribution in [0.2, 0.25) is 0 Å². The highest BCUT2D eigenvalue weighted by Crippen LogP contribution is 2.33. The van der Waals surface area contributed by atoms with Gasteiger partial charge < -0.3 is 17.7 Å². The van der Waals surface area contributed by atoms with Gasteiger partial charge in [0, 0.05) is 12.1 Å². The first kappa shape index (κ1) is 16.7. The number of hydrogen-bond acceptors (Lipinski definition) is 4. The highest BCUT2D eigenvalue weighted by molar-refractivity contribution is 5.96. The van der Waals surface area contributed by atoms with Crippen LogP contribution in [0.25, 0.3) is 67.6 Å². The van der Waals surface area contributed by atoms with Crippen LogP contribution in [-0.4, -0.2) is 0 Å². The molecule has 0 saturated heterocycles. The fourth-order valence-corrected chi connectivity index (χ4v) is 3.78. The quantitative estimate of drug-likeness (QED) is 0.278. The molecule has 4 heteroatoms. The zero-order valence-corrected chi connectivity index (χ0v) is 16.0. The van der Waals surface area contributed by atoms with Crippen molar-refractivity contribution in [2.75, 3.05) is 0 Å². The highest BCUT2D eigenvalue weighted by Gasteiger charge is 2.12. The van der Waals surface area contributed by atoms with Crippen LogP contribution in [-0.2, 0) is 0 Å². The summed E-state index contributed by atoms with van der Waals surface area (Å²) in [5.74, 6) is 0. The molecule has 0 N–H and O–H groups in total. The Morgan fingerprint density at radius 3 is 1.17 bits per heavy atom. The van der Waals surface area contributed by atoms with E-state index in [0.29, 0.717) is 44.7 Å². The largest absolute Gasteiger partial charge is 0.449 e. The van der Waals surface area contributed by atoms with Crippen molar-refractivity contribution in [3.63, 3.8) is 0 Å². The van der Waals surface area contributed by atoms with Crippen LogP contribution >= 0.6 is 0 Å². The van der Waals surface area contributed by atoms with Crippen LogP contribution in [0.4, 0.5) is 0 Å². The van der Waals surface area contributed by atoms with E-state index in [1.165, 1.54) is 0 Å². The molecule has 6 rings (SSSR count). The van der Waals surface area contributed by atoms with Crippen molar-refractivity contribution in [3.05, 3.63) is 84.9 Å². The molecule has 30 heavy (non-hydrogen) atoms. The molecule has 6 aromatic rings. The Kier molecular flexibility index (Phi) is 3.44. The second-order valence-electron chi connectivity index (χ2n) is 7.14. The van der Waals surface area contributed by atoms with Crippen molar-refractivity contribution in [2.24, 2.45) is 0 Å². The van der Waals surface area contributed by atoms with Crippen molar-refractivity contribution in [3.8, 4) is 0 Å². The van der Waals surface area contributed by atoms with E-state index >= 15 is 0 Å². The molecule has 0 fully saturated rings. The number of benzene rings is 4. The second-order valence-corrected chi connectivity index (χ2v) is 7.14. The van der Waals surface area contributed by atoms with Crippen molar-refractivity contribution in [1.29, 1.82) is 0 Å². The summed E-state index contributed by atoms with van der Waals surface area (Å²) in [7, 11) is 0. The highest BCUT2D eigenvalue weighted by atomic mass is 16.4. The third-order valence-corrected chi connectivity index (χ3v) is 5.29. The molecular weight excluding hydrogens is 376 g/mol. The summed E-state index contributed by atoms with van der Waals surface area (Å²) in [4.78, 5) is 0. The molecule has 0 radical (unpaired) electrons. The van der Waals surface area contributed by atoms with Gasteiger partial charge in [-0.05, 0) is 46.2 Å². The maximum Gasteiger partial charge on any atom is 0.174 e. The predicted octanol–water partition coefficient (Wildman–Crippen LogP) is 8.24. The SMILES string of the molecule is C=Cc1cc2oc3cc4oc5cc6ccccc6cc5oc4cc3oc2cc1C=C. The first-order valence-electron chi connectivity index (χ1n) is 9.57. The third kappa shape index (κ3) is 2.47. The molecule has 0 atom stereocenters. The Morgan fingerprint density at radius 1 is 0.467 bits per heavy atom. The molecule has 0 unspecified atom stereocenters. The van der Waals surface area contributed by atoms with E-state index in [9.17, 15) is 0 Å². The maximum atomic E-state index is 6.13. The molecular formula is C26H16O4. The average Bonchev–Trinajstić information content (AvgIpc) is 2.77. The lowest BCUT2D eigenvalue weighted by Gasteiger charge is -2.07. The molecule has 4 nitrogen and oxygen atoms in total. The van der Waals surface area contributed by atoms with E-state index in [1.807, 2.05) is 48.5 Å². The van der Waals surface area contributed by atoms with E-state index < -0.39 is 0 Å². The zero-order valence-electron chi connectivity index (χ0n) is 16.0. The van der Waals surface area contributed by atoms with Crippen LogP contribution in [0.15, 0.2) is 91.5 Å². The minimum Gasteiger partial charge on any atom is -0.449 e. The third-order valence-electron chi connectivity index (χ3n) is 5.29. The summed E-state index contributed by atoms with van der Waals surface area (Å²) >= 11 is 0. The van der Waals surface area contributed by atoms with Gasteiger partial charge in [0.05, 0.1) is 0 Å². The number of rotatable bonds is 2. The summed E-state index contributed by atoms with van der Waals surface area (Å²) in [5, 5.41) is 2.18. The van der Waals surface area contributed by atoms with Gasteiger partial charge in [-0.2, -0.15) is 0 Å². The predicted molar refractivity (Wildman–Crippen MR) is 121 cm³/mol. The maximum absolute atomic E-state index is 6.13. The van der Waals surface area contributed by atoms with Gasteiger partial charge >= 0.3 is 0 Å². The van der Waals surface area contributed by atoms with Crippen LogP contribution in [0.3, 0.4) is 0 Å². The van der Waals surface area contributed by atoms with Crippen LogP contribution in [0, 0.1) is 0 Å². The molecule has 0 aliphatic heterocycles. The molecule has 0 bridgehead atoms. The van der Waals surface area contributed by atoms with Gasteiger partial charge in [0.25, 0.3) is 0 Å². The van der Waals surface area contributed by atoms with E-state index in [-0.39, 0.29) is 0 Å². The zero-order chi connectivity index (χ0) is 20.2. The normalized spacial score (nSPS) is 11.6. The molecule has 0 aliphatic carbocycles.